The van der Waals surface area contributed by atoms with Crippen molar-refractivity contribution in [2.45, 2.75) is 13.5 Å². The van der Waals surface area contributed by atoms with E-state index in [1.807, 2.05) is 31.2 Å². The lowest BCUT2D eigenvalue weighted by Gasteiger charge is -2.36. The Morgan fingerprint density at radius 3 is 2.50 bits per heavy atom. The number of aryl methyl sites for hydroxylation is 2. The van der Waals surface area contributed by atoms with Crippen molar-refractivity contribution in [1.29, 1.82) is 0 Å². The maximum Gasteiger partial charge on any atom is 0.332 e. The number of pyridine rings is 1. The summed E-state index contributed by atoms with van der Waals surface area (Å²) in [6.07, 6.45) is 3.10. The van der Waals surface area contributed by atoms with Gasteiger partial charge in [-0.2, -0.15) is 0 Å². The molecule has 174 valence electrons. The Labute approximate surface area is 195 Å². The number of piperazine rings is 1. The number of rotatable bonds is 4. The van der Waals surface area contributed by atoms with Crippen LogP contribution in [0.15, 0.2) is 68.9 Å². The summed E-state index contributed by atoms with van der Waals surface area (Å²) in [6, 6.07) is 12.9. The van der Waals surface area contributed by atoms with E-state index in [2.05, 4.69) is 9.88 Å². The third kappa shape index (κ3) is 3.68. The molecule has 0 radical (unpaired) electrons. The molecule has 0 spiro atoms. The molecule has 3 aromatic heterocycles. The molecule has 4 heterocycles. The van der Waals surface area contributed by atoms with Gasteiger partial charge in [-0.15, -0.1) is 0 Å². The van der Waals surface area contributed by atoms with Crippen LogP contribution in [0.3, 0.4) is 0 Å². The molecule has 9 heteroatoms. The Hall–Kier alpha value is -4.14. The van der Waals surface area contributed by atoms with Crippen molar-refractivity contribution in [3.8, 4) is 0 Å². The second-order valence-corrected chi connectivity index (χ2v) is 8.44. The first-order chi connectivity index (χ1) is 16.5. The molecular formula is C25H25N5O4. The van der Waals surface area contributed by atoms with Crippen molar-refractivity contribution in [3.05, 3.63) is 92.6 Å². The molecule has 0 saturated carbocycles. The number of nitrogens with zero attached hydrogens (tertiary/aromatic N) is 5. The van der Waals surface area contributed by atoms with E-state index >= 15 is 0 Å². The standard InChI is InChI=1S/C25H25N5O4/c1-17-6-3-4-7-18(17)16-30-24(32)21-19(9-10-26-22(21)27(2)25(30)33)28-11-13-29(14-12-28)23(31)20-8-5-15-34-20/h3-10,15H,11-14,16H2,1-2H3. The number of furan rings is 1. The second kappa shape index (κ2) is 8.66. The van der Waals surface area contributed by atoms with Crippen LogP contribution < -0.4 is 16.1 Å². The van der Waals surface area contributed by atoms with Gasteiger partial charge in [-0.05, 0) is 36.2 Å². The fraction of sp³-hybridized carbons (Fsp3) is 0.280. The Morgan fingerprint density at radius 2 is 1.79 bits per heavy atom. The van der Waals surface area contributed by atoms with Gasteiger partial charge in [0.05, 0.1) is 18.5 Å². The Morgan fingerprint density at radius 1 is 1.03 bits per heavy atom. The highest BCUT2D eigenvalue weighted by molar-refractivity contribution is 5.92. The molecular weight excluding hydrogens is 434 g/mol. The summed E-state index contributed by atoms with van der Waals surface area (Å²) in [5.74, 6) is 0.170. The number of amides is 1. The molecule has 0 N–H and O–H groups in total. The van der Waals surface area contributed by atoms with E-state index in [-0.39, 0.29) is 18.0 Å². The lowest BCUT2D eigenvalue weighted by atomic mass is 10.1. The molecule has 1 aliphatic heterocycles. The minimum atomic E-state index is -0.403. The van der Waals surface area contributed by atoms with Crippen molar-refractivity contribution in [1.82, 2.24) is 19.0 Å². The van der Waals surface area contributed by atoms with Crippen molar-refractivity contribution in [3.63, 3.8) is 0 Å². The lowest BCUT2D eigenvalue weighted by molar-refractivity contribution is 0.0715. The van der Waals surface area contributed by atoms with Gasteiger partial charge in [0, 0.05) is 39.4 Å². The summed E-state index contributed by atoms with van der Waals surface area (Å²) in [5.41, 5.74) is 2.23. The minimum Gasteiger partial charge on any atom is -0.459 e. The fourth-order valence-electron chi connectivity index (χ4n) is 4.46. The Bertz CT molecular complexity index is 1480. The molecule has 1 amide bonds. The van der Waals surface area contributed by atoms with E-state index in [4.69, 9.17) is 4.42 Å². The average molecular weight is 460 g/mol. The minimum absolute atomic E-state index is 0.146. The molecule has 0 unspecified atom stereocenters. The largest absolute Gasteiger partial charge is 0.459 e. The highest BCUT2D eigenvalue weighted by Gasteiger charge is 2.26. The normalized spacial score (nSPS) is 14.1. The number of carbonyl (C=O) groups is 1. The molecule has 34 heavy (non-hydrogen) atoms. The second-order valence-electron chi connectivity index (χ2n) is 8.44. The summed E-state index contributed by atoms with van der Waals surface area (Å²) < 4.78 is 7.93. The molecule has 4 aromatic rings. The average Bonchev–Trinajstić information content (AvgIpc) is 3.41. The van der Waals surface area contributed by atoms with Crippen molar-refractivity contribution < 1.29 is 9.21 Å². The van der Waals surface area contributed by atoms with E-state index in [9.17, 15) is 14.4 Å². The van der Waals surface area contributed by atoms with E-state index in [0.29, 0.717) is 48.7 Å². The van der Waals surface area contributed by atoms with E-state index in [1.54, 1.807) is 36.3 Å². The Kier molecular flexibility index (Phi) is 5.53. The van der Waals surface area contributed by atoms with Crippen LogP contribution in [0.25, 0.3) is 11.0 Å². The molecule has 9 nitrogen and oxygen atoms in total. The van der Waals surface area contributed by atoms with Gasteiger partial charge in [0.1, 0.15) is 5.39 Å². The lowest BCUT2D eigenvalue weighted by Crippen LogP contribution is -2.49. The van der Waals surface area contributed by atoms with Crippen LogP contribution in [0, 0.1) is 6.92 Å². The van der Waals surface area contributed by atoms with Gasteiger partial charge in [0.15, 0.2) is 11.4 Å². The highest BCUT2D eigenvalue weighted by Crippen LogP contribution is 2.23. The van der Waals surface area contributed by atoms with E-state index < -0.39 is 5.69 Å². The first-order valence-electron chi connectivity index (χ1n) is 11.2. The van der Waals surface area contributed by atoms with Gasteiger partial charge in [-0.1, -0.05) is 24.3 Å². The zero-order chi connectivity index (χ0) is 23.8. The zero-order valence-corrected chi connectivity index (χ0v) is 19.1. The number of hydrogen-bond donors (Lipinski definition) is 0. The summed E-state index contributed by atoms with van der Waals surface area (Å²) >= 11 is 0. The molecule has 5 rings (SSSR count). The monoisotopic (exact) mass is 459 g/mol. The van der Waals surface area contributed by atoms with Crippen molar-refractivity contribution >= 4 is 22.6 Å². The highest BCUT2D eigenvalue weighted by atomic mass is 16.3. The van der Waals surface area contributed by atoms with Crippen molar-refractivity contribution in [2.75, 3.05) is 31.1 Å². The summed E-state index contributed by atoms with van der Waals surface area (Å²) in [7, 11) is 1.63. The third-order valence-electron chi connectivity index (χ3n) is 6.43. The van der Waals surface area contributed by atoms with Gasteiger partial charge in [0.2, 0.25) is 0 Å². The van der Waals surface area contributed by atoms with Gasteiger partial charge in [-0.25, -0.2) is 9.78 Å². The zero-order valence-electron chi connectivity index (χ0n) is 19.1. The van der Waals surface area contributed by atoms with E-state index in [1.165, 1.54) is 15.4 Å². The number of anilines is 1. The van der Waals surface area contributed by atoms with Crippen LogP contribution >= 0.6 is 0 Å². The van der Waals surface area contributed by atoms with Crippen LogP contribution in [0.5, 0.6) is 0 Å². The number of benzene rings is 1. The fourth-order valence-corrected chi connectivity index (χ4v) is 4.46. The van der Waals surface area contributed by atoms with Gasteiger partial charge >= 0.3 is 5.69 Å². The van der Waals surface area contributed by atoms with Crippen LogP contribution in [-0.4, -0.2) is 51.1 Å². The molecule has 1 aromatic carbocycles. The molecule has 0 atom stereocenters. The summed E-state index contributed by atoms with van der Waals surface area (Å²) in [6.45, 7) is 4.23. The molecule has 1 fully saturated rings. The van der Waals surface area contributed by atoms with Crippen LogP contribution in [-0.2, 0) is 13.6 Å². The quantitative estimate of drug-likeness (QED) is 0.464. The maximum atomic E-state index is 13.6. The van der Waals surface area contributed by atoms with Crippen LogP contribution in [0.2, 0.25) is 0 Å². The number of aromatic nitrogens is 3. The molecule has 0 aliphatic carbocycles. The molecule has 1 saturated heterocycles. The predicted octanol–water partition coefficient (Wildman–Crippen LogP) is 2.01. The summed E-state index contributed by atoms with van der Waals surface area (Å²) in [5, 5.41) is 0.406. The number of fused-ring (bicyclic) bond motifs is 1. The van der Waals surface area contributed by atoms with Crippen LogP contribution in [0.1, 0.15) is 21.7 Å². The van der Waals surface area contributed by atoms with E-state index in [0.717, 1.165) is 11.1 Å². The number of carbonyl (C=O) groups excluding carboxylic acids is 1. The predicted molar refractivity (Wildman–Crippen MR) is 128 cm³/mol. The SMILES string of the molecule is Cc1ccccc1Cn1c(=O)c2c(N3CCN(C(=O)c4ccco4)CC3)ccnc2n(C)c1=O. The third-order valence-corrected chi connectivity index (χ3v) is 6.43. The summed E-state index contributed by atoms with van der Waals surface area (Å²) in [4.78, 5) is 47.4. The maximum absolute atomic E-state index is 13.6. The molecule has 0 bridgehead atoms. The van der Waals surface area contributed by atoms with Crippen LogP contribution in [0.4, 0.5) is 5.69 Å². The number of hydrogen-bond acceptors (Lipinski definition) is 6. The molecule has 1 aliphatic rings. The topological polar surface area (TPSA) is 93.6 Å². The van der Waals surface area contributed by atoms with Gasteiger partial charge in [0.25, 0.3) is 11.5 Å². The first-order valence-corrected chi connectivity index (χ1v) is 11.2. The first kappa shape index (κ1) is 21.7. The Balaban J connectivity index is 1.51. The van der Waals surface area contributed by atoms with Gasteiger partial charge < -0.3 is 14.2 Å². The smallest absolute Gasteiger partial charge is 0.332 e. The van der Waals surface area contributed by atoms with Crippen molar-refractivity contribution in [2.24, 2.45) is 7.05 Å². The van der Waals surface area contributed by atoms with Gasteiger partial charge in [-0.3, -0.25) is 18.7 Å².